The van der Waals surface area contributed by atoms with E-state index < -0.39 is 0 Å². The molecule has 0 N–H and O–H groups in total. The molecule has 1 saturated heterocycles. The average Bonchev–Trinajstić information content (AvgIpc) is 3.14. The van der Waals surface area contributed by atoms with Gasteiger partial charge < -0.3 is 14.4 Å². The lowest BCUT2D eigenvalue weighted by atomic mass is 10.1. The van der Waals surface area contributed by atoms with Gasteiger partial charge >= 0.3 is 12.1 Å². The molecule has 2 heterocycles. The minimum absolute atomic E-state index is 0.115. The molecule has 0 unspecified atom stereocenters. The number of hydrogen-bond acceptors (Lipinski definition) is 4. The Labute approximate surface area is 123 Å². The maximum absolute atomic E-state index is 12.2. The Kier molecular flexibility index (Phi) is 3.90. The van der Waals surface area contributed by atoms with Crippen LogP contribution in [0.5, 0.6) is 0 Å². The zero-order valence-electron chi connectivity index (χ0n) is 11.6. The minimum Gasteiger partial charge on any atom is -0.453 e. The van der Waals surface area contributed by atoms with Gasteiger partial charge in [-0.2, -0.15) is 0 Å². The number of carbonyl (C=O) groups is 2. The summed E-state index contributed by atoms with van der Waals surface area (Å²) in [4.78, 5) is 25.0. The van der Waals surface area contributed by atoms with Gasteiger partial charge in [-0.3, -0.25) is 0 Å². The van der Waals surface area contributed by atoms with Crippen LogP contribution in [0.25, 0.3) is 0 Å². The number of benzene rings is 1. The first-order valence-electron chi connectivity index (χ1n) is 7.10. The van der Waals surface area contributed by atoms with Gasteiger partial charge in [0.05, 0.1) is 6.04 Å². The van der Waals surface area contributed by atoms with E-state index in [0.29, 0.717) is 6.54 Å². The minimum atomic E-state index is -0.349. The Bertz CT molecular complexity index is 555. The quantitative estimate of drug-likeness (QED) is 0.800. The summed E-state index contributed by atoms with van der Waals surface area (Å²) >= 11 is 0. The van der Waals surface area contributed by atoms with Crippen LogP contribution in [0.3, 0.4) is 0 Å². The SMILES string of the molecule is O=C1C=C[C@@H]([C@@H]2CCCN2C(=O)OCc2ccccc2)O1. The second-order valence-corrected chi connectivity index (χ2v) is 5.20. The molecule has 0 aromatic heterocycles. The molecule has 1 amide bonds. The second-order valence-electron chi connectivity index (χ2n) is 5.20. The summed E-state index contributed by atoms with van der Waals surface area (Å²) in [5, 5.41) is 0. The average molecular weight is 287 g/mol. The van der Waals surface area contributed by atoms with E-state index >= 15 is 0 Å². The topological polar surface area (TPSA) is 55.8 Å². The van der Waals surface area contributed by atoms with Gasteiger partial charge in [0, 0.05) is 12.6 Å². The molecule has 0 radical (unpaired) electrons. The Balaban J connectivity index is 1.58. The van der Waals surface area contributed by atoms with Crippen LogP contribution in [0, 0.1) is 0 Å². The van der Waals surface area contributed by atoms with Crippen molar-refractivity contribution in [3.63, 3.8) is 0 Å². The summed E-state index contributed by atoms with van der Waals surface area (Å²) in [6, 6.07) is 9.44. The van der Waals surface area contributed by atoms with Crippen LogP contribution in [0.2, 0.25) is 0 Å². The smallest absolute Gasteiger partial charge is 0.410 e. The zero-order chi connectivity index (χ0) is 14.7. The van der Waals surface area contributed by atoms with Gasteiger partial charge in [0.15, 0.2) is 0 Å². The Hall–Kier alpha value is -2.30. The van der Waals surface area contributed by atoms with Crippen molar-refractivity contribution in [1.82, 2.24) is 4.90 Å². The highest BCUT2D eigenvalue weighted by molar-refractivity contribution is 5.84. The molecule has 21 heavy (non-hydrogen) atoms. The van der Waals surface area contributed by atoms with Crippen LogP contribution in [0.15, 0.2) is 42.5 Å². The summed E-state index contributed by atoms with van der Waals surface area (Å²) in [7, 11) is 0. The largest absolute Gasteiger partial charge is 0.453 e. The molecule has 0 bridgehead atoms. The normalized spacial score (nSPS) is 24.2. The third-order valence-corrected chi connectivity index (χ3v) is 3.79. The van der Waals surface area contributed by atoms with Gasteiger partial charge in [-0.05, 0) is 24.5 Å². The van der Waals surface area contributed by atoms with Crippen molar-refractivity contribution in [2.75, 3.05) is 6.54 Å². The first-order chi connectivity index (χ1) is 10.2. The van der Waals surface area contributed by atoms with E-state index in [0.717, 1.165) is 18.4 Å². The summed E-state index contributed by atoms with van der Waals surface area (Å²) in [6.07, 6.45) is 4.16. The zero-order valence-corrected chi connectivity index (χ0v) is 11.6. The van der Waals surface area contributed by atoms with Gasteiger partial charge in [0.25, 0.3) is 0 Å². The molecule has 5 nitrogen and oxygen atoms in total. The lowest BCUT2D eigenvalue weighted by Crippen LogP contribution is -2.42. The molecule has 2 aliphatic rings. The highest BCUT2D eigenvalue weighted by Crippen LogP contribution is 2.26. The van der Waals surface area contributed by atoms with Crippen LogP contribution in [-0.2, 0) is 20.9 Å². The van der Waals surface area contributed by atoms with Crippen molar-refractivity contribution in [2.24, 2.45) is 0 Å². The van der Waals surface area contributed by atoms with Crippen molar-refractivity contribution >= 4 is 12.1 Å². The molecule has 1 aromatic carbocycles. The van der Waals surface area contributed by atoms with Crippen molar-refractivity contribution in [2.45, 2.75) is 31.6 Å². The van der Waals surface area contributed by atoms with Gasteiger partial charge in [-0.25, -0.2) is 9.59 Å². The van der Waals surface area contributed by atoms with Crippen LogP contribution >= 0.6 is 0 Å². The number of nitrogens with zero attached hydrogens (tertiary/aromatic N) is 1. The fourth-order valence-corrected chi connectivity index (χ4v) is 2.76. The number of esters is 1. The van der Waals surface area contributed by atoms with Crippen LogP contribution in [-0.4, -0.2) is 35.7 Å². The molecule has 2 atom stereocenters. The van der Waals surface area contributed by atoms with Gasteiger partial charge in [-0.15, -0.1) is 0 Å². The van der Waals surface area contributed by atoms with Crippen molar-refractivity contribution in [1.29, 1.82) is 0 Å². The number of ether oxygens (including phenoxy) is 2. The Morgan fingerprint density at radius 2 is 2.14 bits per heavy atom. The highest BCUT2D eigenvalue weighted by atomic mass is 16.6. The lowest BCUT2D eigenvalue weighted by molar-refractivity contribution is -0.140. The number of hydrogen-bond donors (Lipinski definition) is 0. The highest BCUT2D eigenvalue weighted by Gasteiger charge is 2.38. The molecule has 3 rings (SSSR count). The molecular formula is C16H17NO4. The number of rotatable bonds is 3. The molecule has 0 saturated carbocycles. The first kappa shape index (κ1) is 13.7. The van der Waals surface area contributed by atoms with Crippen LogP contribution in [0.4, 0.5) is 4.79 Å². The number of carbonyl (C=O) groups excluding carboxylic acids is 2. The fourth-order valence-electron chi connectivity index (χ4n) is 2.76. The van der Waals surface area contributed by atoms with Gasteiger partial charge in [0.2, 0.25) is 0 Å². The maximum Gasteiger partial charge on any atom is 0.410 e. The maximum atomic E-state index is 12.2. The van der Waals surface area contributed by atoms with Crippen LogP contribution in [0.1, 0.15) is 18.4 Å². The van der Waals surface area contributed by atoms with Gasteiger partial charge in [0.1, 0.15) is 12.7 Å². The van der Waals surface area contributed by atoms with E-state index in [1.807, 2.05) is 30.3 Å². The molecule has 0 spiro atoms. The Morgan fingerprint density at radius 3 is 2.86 bits per heavy atom. The van der Waals surface area contributed by atoms with E-state index in [1.165, 1.54) is 6.08 Å². The standard InChI is InChI=1S/C16H17NO4/c18-15-9-8-14(21-15)13-7-4-10-17(13)16(19)20-11-12-5-2-1-3-6-12/h1-3,5-6,8-9,13-14H,4,7,10-11H2/t13-,14-/m0/s1. The summed E-state index contributed by atoms with van der Waals surface area (Å²) in [6.45, 7) is 0.892. The van der Waals surface area contributed by atoms with Crippen molar-refractivity contribution in [3.8, 4) is 0 Å². The molecule has 1 aromatic rings. The lowest BCUT2D eigenvalue weighted by Gasteiger charge is -2.27. The molecule has 0 aliphatic carbocycles. The third kappa shape index (κ3) is 3.07. The number of cyclic esters (lactones) is 1. The predicted molar refractivity (Wildman–Crippen MR) is 75.4 cm³/mol. The molecule has 1 fully saturated rings. The molecular weight excluding hydrogens is 270 g/mol. The summed E-state index contributed by atoms with van der Waals surface area (Å²) < 4.78 is 10.5. The summed E-state index contributed by atoms with van der Waals surface area (Å²) in [5.41, 5.74) is 0.953. The molecule has 5 heteroatoms. The number of likely N-dealkylation sites (tertiary alicyclic amines) is 1. The van der Waals surface area contributed by atoms with E-state index in [2.05, 4.69) is 0 Å². The van der Waals surface area contributed by atoms with Crippen molar-refractivity contribution < 1.29 is 19.1 Å². The summed E-state index contributed by atoms with van der Waals surface area (Å²) in [5.74, 6) is -0.343. The van der Waals surface area contributed by atoms with Crippen molar-refractivity contribution in [3.05, 3.63) is 48.0 Å². The fraction of sp³-hybridized carbons (Fsp3) is 0.375. The third-order valence-electron chi connectivity index (χ3n) is 3.79. The second kappa shape index (κ2) is 5.99. The van der Waals surface area contributed by atoms with E-state index in [9.17, 15) is 9.59 Å². The van der Waals surface area contributed by atoms with E-state index in [1.54, 1.807) is 11.0 Å². The Morgan fingerprint density at radius 1 is 1.33 bits per heavy atom. The van der Waals surface area contributed by atoms with E-state index in [4.69, 9.17) is 9.47 Å². The van der Waals surface area contributed by atoms with Gasteiger partial charge in [-0.1, -0.05) is 30.3 Å². The molecule has 2 aliphatic heterocycles. The van der Waals surface area contributed by atoms with E-state index in [-0.39, 0.29) is 30.8 Å². The first-order valence-corrected chi connectivity index (χ1v) is 7.10. The van der Waals surface area contributed by atoms with Crippen LogP contribution < -0.4 is 0 Å². The number of amides is 1. The molecule has 110 valence electrons. The predicted octanol–water partition coefficient (Wildman–Crippen LogP) is 2.27. The monoisotopic (exact) mass is 287 g/mol.